The Morgan fingerprint density at radius 1 is 1.18 bits per heavy atom. The van der Waals surface area contributed by atoms with Gasteiger partial charge in [0.1, 0.15) is 5.84 Å². The summed E-state index contributed by atoms with van der Waals surface area (Å²) in [6.07, 6.45) is 3.79. The minimum Gasteiger partial charge on any atom is -0.362 e. The first-order valence-corrected chi connectivity index (χ1v) is 8.75. The number of anilines is 1. The van der Waals surface area contributed by atoms with Crippen LogP contribution in [0.25, 0.3) is 0 Å². The van der Waals surface area contributed by atoms with Gasteiger partial charge in [-0.3, -0.25) is 4.79 Å². The normalized spacial score (nSPS) is 18.1. The maximum Gasteiger partial charge on any atom is 0.283 e. The van der Waals surface area contributed by atoms with E-state index in [1.54, 1.807) is 12.1 Å². The molecule has 1 amide bonds. The monoisotopic (exact) mass is 323 g/mol. The third-order valence-electron chi connectivity index (χ3n) is 3.53. The zero-order chi connectivity index (χ0) is 16.2. The second kappa shape index (κ2) is 6.91. The van der Waals surface area contributed by atoms with Crippen molar-refractivity contribution in [2.45, 2.75) is 37.5 Å². The highest BCUT2D eigenvalue weighted by Crippen LogP contribution is 2.19. The topological polar surface area (TPSA) is 78.8 Å². The van der Waals surface area contributed by atoms with Crippen LogP contribution in [0.1, 0.15) is 32.6 Å². The van der Waals surface area contributed by atoms with E-state index in [1.165, 1.54) is 19.1 Å². The van der Waals surface area contributed by atoms with E-state index >= 15 is 0 Å². The van der Waals surface area contributed by atoms with Crippen molar-refractivity contribution >= 4 is 27.5 Å². The fourth-order valence-corrected chi connectivity index (χ4v) is 3.44. The van der Waals surface area contributed by atoms with Gasteiger partial charge >= 0.3 is 0 Å². The number of sulfonamides is 1. The Bertz CT molecular complexity index is 666. The Morgan fingerprint density at radius 3 is 2.50 bits per heavy atom. The molecule has 1 fully saturated rings. The lowest BCUT2D eigenvalue weighted by molar-refractivity contribution is -0.114. The van der Waals surface area contributed by atoms with Crippen molar-refractivity contribution in [3.63, 3.8) is 0 Å². The van der Waals surface area contributed by atoms with E-state index in [4.69, 9.17) is 0 Å². The van der Waals surface area contributed by atoms with E-state index in [9.17, 15) is 13.2 Å². The van der Waals surface area contributed by atoms with Crippen molar-refractivity contribution in [3.8, 4) is 0 Å². The van der Waals surface area contributed by atoms with Gasteiger partial charge in [0, 0.05) is 32.6 Å². The molecule has 1 aromatic carbocycles. The summed E-state index contributed by atoms with van der Waals surface area (Å²) in [4.78, 5) is 13.0. The number of nitrogens with zero attached hydrogens (tertiary/aromatic N) is 2. The minimum atomic E-state index is -3.72. The van der Waals surface area contributed by atoms with E-state index in [0.717, 1.165) is 25.8 Å². The van der Waals surface area contributed by atoms with Crippen molar-refractivity contribution in [3.05, 3.63) is 24.3 Å². The molecule has 0 bridgehead atoms. The largest absolute Gasteiger partial charge is 0.362 e. The van der Waals surface area contributed by atoms with Gasteiger partial charge in [0.25, 0.3) is 10.0 Å². The van der Waals surface area contributed by atoms with Crippen molar-refractivity contribution in [2.24, 2.45) is 4.40 Å². The Morgan fingerprint density at radius 2 is 1.86 bits per heavy atom. The molecular formula is C15H21N3O3S. The smallest absolute Gasteiger partial charge is 0.283 e. The second-order valence-electron chi connectivity index (χ2n) is 5.42. The number of amidine groups is 1. The van der Waals surface area contributed by atoms with Crippen LogP contribution in [-0.2, 0) is 14.8 Å². The van der Waals surface area contributed by atoms with E-state index < -0.39 is 10.0 Å². The second-order valence-corrected chi connectivity index (χ2v) is 7.02. The third kappa shape index (κ3) is 4.30. The summed E-state index contributed by atoms with van der Waals surface area (Å²) in [5.74, 6) is 0.416. The first-order chi connectivity index (χ1) is 10.4. The first kappa shape index (κ1) is 16.5. The number of nitrogens with one attached hydrogen (secondary N) is 1. The lowest BCUT2D eigenvalue weighted by Gasteiger charge is -2.17. The molecule has 0 aromatic heterocycles. The SMILES string of the molecule is CC(=O)Nc1ccc(S(=O)(=O)/N=C2/CCCCCN2C)cc1. The molecule has 120 valence electrons. The molecule has 1 aromatic rings. The zero-order valence-electron chi connectivity index (χ0n) is 12.9. The summed E-state index contributed by atoms with van der Waals surface area (Å²) in [6.45, 7) is 2.23. The van der Waals surface area contributed by atoms with Crippen LogP contribution in [0.5, 0.6) is 0 Å². The number of carbonyl (C=O) groups excluding carboxylic acids is 1. The molecule has 1 heterocycles. The molecule has 0 unspecified atom stereocenters. The number of benzene rings is 1. The predicted molar refractivity (Wildman–Crippen MR) is 86.5 cm³/mol. The lowest BCUT2D eigenvalue weighted by Crippen LogP contribution is -2.26. The van der Waals surface area contributed by atoms with Gasteiger partial charge in [-0.1, -0.05) is 6.42 Å². The van der Waals surface area contributed by atoms with Crippen LogP contribution in [0.15, 0.2) is 33.6 Å². The van der Waals surface area contributed by atoms with Crippen LogP contribution in [0.2, 0.25) is 0 Å². The van der Waals surface area contributed by atoms with Crippen LogP contribution in [-0.4, -0.2) is 38.7 Å². The van der Waals surface area contributed by atoms with Crippen LogP contribution in [0.4, 0.5) is 5.69 Å². The first-order valence-electron chi connectivity index (χ1n) is 7.31. The molecular weight excluding hydrogens is 302 g/mol. The molecule has 22 heavy (non-hydrogen) atoms. The van der Waals surface area contributed by atoms with Gasteiger partial charge in [0.15, 0.2) is 0 Å². The molecule has 2 rings (SSSR count). The maximum atomic E-state index is 12.4. The molecule has 7 heteroatoms. The van der Waals surface area contributed by atoms with E-state index in [1.807, 2.05) is 11.9 Å². The fourth-order valence-electron chi connectivity index (χ4n) is 2.35. The average molecular weight is 323 g/mol. The van der Waals surface area contributed by atoms with Gasteiger partial charge in [-0.05, 0) is 37.1 Å². The molecule has 1 N–H and O–H groups in total. The molecule has 1 aliphatic rings. The lowest BCUT2D eigenvalue weighted by atomic mass is 10.2. The van der Waals surface area contributed by atoms with E-state index in [0.29, 0.717) is 17.9 Å². The number of hydrogen-bond acceptors (Lipinski definition) is 3. The van der Waals surface area contributed by atoms with Gasteiger partial charge in [-0.25, -0.2) is 0 Å². The Balaban J connectivity index is 2.24. The van der Waals surface area contributed by atoms with Crippen LogP contribution in [0.3, 0.4) is 0 Å². The minimum absolute atomic E-state index is 0.131. The summed E-state index contributed by atoms with van der Waals surface area (Å²) in [5.41, 5.74) is 0.561. The molecule has 0 saturated carbocycles. The highest BCUT2D eigenvalue weighted by atomic mass is 32.2. The Kier molecular flexibility index (Phi) is 5.18. The van der Waals surface area contributed by atoms with Gasteiger partial charge in [0.05, 0.1) is 4.90 Å². The number of likely N-dealkylation sites (tertiary alicyclic amines) is 1. The number of amides is 1. The van der Waals surface area contributed by atoms with Crippen molar-refractivity contribution in [1.82, 2.24) is 4.90 Å². The molecule has 0 aliphatic carbocycles. The average Bonchev–Trinajstić information content (AvgIpc) is 2.64. The maximum absolute atomic E-state index is 12.4. The summed E-state index contributed by atoms with van der Waals surface area (Å²) >= 11 is 0. The highest BCUT2D eigenvalue weighted by molar-refractivity contribution is 7.90. The number of carbonyl (C=O) groups is 1. The van der Waals surface area contributed by atoms with E-state index in [-0.39, 0.29) is 10.8 Å². The summed E-state index contributed by atoms with van der Waals surface area (Å²) in [7, 11) is -1.85. The van der Waals surface area contributed by atoms with Crippen LogP contribution >= 0.6 is 0 Å². The fraction of sp³-hybridized carbons (Fsp3) is 0.467. The summed E-state index contributed by atoms with van der Waals surface area (Å²) < 4.78 is 28.8. The predicted octanol–water partition coefficient (Wildman–Crippen LogP) is 2.24. The van der Waals surface area contributed by atoms with Crippen molar-refractivity contribution < 1.29 is 13.2 Å². The van der Waals surface area contributed by atoms with E-state index in [2.05, 4.69) is 9.71 Å². The third-order valence-corrected chi connectivity index (χ3v) is 4.85. The molecule has 1 saturated heterocycles. The quantitative estimate of drug-likeness (QED) is 0.925. The van der Waals surface area contributed by atoms with Crippen LogP contribution in [0, 0.1) is 0 Å². The van der Waals surface area contributed by atoms with Gasteiger partial charge < -0.3 is 10.2 Å². The Hall–Kier alpha value is -1.89. The molecule has 6 nitrogen and oxygen atoms in total. The molecule has 0 radical (unpaired) electrons. The molecule has 0 spiro atoms. The molecule has 1 aliphatic heterocycles. The van der Waals surface area contributed by atoms with Crippen molar-refractivity contribution in [1.29, 1.82) is 0 Å². The number of rotatable bonds is 3. The molecule has 0 atom stereocenters. The standard InChI is InChI=1S/C15H21N3O3S/c1-12(19)16-13-7-9-14(10-8-13)22(20,21)17-15-6-4-3-5-11-18(15)2/h7-10H,3-6,11H2,1-2H3,(H,16,19)/b17-15-. The zero-order valence-corrected chi connectivity index (χ0v) is 13.7. The van der Waals surface area contributed by atoms with Gasteiger partial charge in [-0.2, -0.15) is 8.42 Å². The van der Waals surface area contributed by atoms with Gasteiger partial charge in [0.2, 0.25) is 5.91 Å². The summed E-state index contributed by atoms with van der Waals surface area (Å²) in [5, 5.41) is 2.60. The number of hydrogen-bond donors (Lipinski definition) is 1. The summed E-state index contributed by atoms with van der Waals surface area (Å²) in [6, 6.07) is 6.04. The Labute approximate surface area is 131 Å². The highest BCUT2D eigenvalue weighted by Gasteiger charge is 2.18. The van der Waals surface area contributed by atoms with Gasteiger partial charge in [-0.15, -0.1) is 4.40 Å². The van der Waals surface area contributed by atoms with Crippen molar-refractivity contribution in [2.75, 3.05) is 18.9 Å². The van der Waals surface area contributed by atoms with Crippen LogP contribution < -0.4 is 5.32 Å².